The van der Waals surface area contributed by atoms with E-state index in [4.69, 9.17) is 4.42 Å². The van der Waals surface area contributed by atoms with E-state index in [0.717, 1.165) is 61.3 Å². The highest BCUT2D eigenvalue weighted by molar-refractivity contribution is 6.12. The summed E-state index contributed by atoms with van der Waals surface area (Å²) in [4.78, 5) is 2.43. The summed E-state index contributed by atoms with van der Waals surface area (Å²) in [6, 6.07) is 76.8. The van der Waals surface area contributed by atoms with Crippen LogP contribution in [-0.4, -0.2) is 0 Å². The quantitative estimate of drug-likeness (QED) is 0.161. The summed E-state index contributed by atoms with van der Waals surface area (Å²) >= 11 is 0. The van der Waals surface area contributed by atoms with E-state index >= 15 is 0 Å². The largest absolute Gasteiger partial charge is 0.454 e. The van der Waals surface area contributed by atoms with E-state index in [2.05, 4.69) is 225 Å². The second-order valence-corrected chi connectivity index (χ2v) is 16.0. The molecule has 0 N–H and O–H groups in total. The van der Waals surface area contributed by atoms with E-state index in [0.29, 0.717) is 0 Å². The maximum atomic E-state index is 6.86. The Morgan fingerprint density at radius 3 is 1.69 bits per heavy atom. The molecule has 2 nitrogen and oxygen atoms in total. The van der Waals surface area contributed by atoms with E-state index in [9.17, 15) is 0 Å². The summed E-state index contributed by atoms with van der Waals surface area (Å²) in [5, 5.41) is 2.19. The zero-order valence-corrected chi connectivity index (χ0v) is 33.1. The minimum Gasteiger partial charge on any atom is -0.454 e. The zero-order chi connectivity index (χ0) is 39.5. The van der Waals surface area contributed by atoms with Crippen molar-refractivity contribution >= 4 is 39.0 Å². The summed E-state index contributed by atoms with van der Waals surface area (Å²) in [5.74, 6) is 0. The number of anilines is 3. The second-order valence-electron chi connectivity index (χ2n) is 16.0. The van der Waals surface area contributed by atoms with Crippen LogP contribution in [0.5, 0.6) is 0 Å². The van der Waals surface area contributed by atoms with Gasteiger partial charge in [0.05, 0.1) is 11.4 Å². The number of benzene rings is 9. The van der Waals surface area contributed by atoms with Gasteiger partial charge >= 0.3 is 0 Å². The van der Waals surface area contributed by atoms with Crippen LogP contribution >= 0.6 is 0 Å². The first-order chi connectivity index (χ1) is 29.1. The molecule has 0 amide bonds. The molecule has 0 unspecified atom stereocenters. The van der Waals surface area contributed by atoms with Crippen LogP contribution in [0.15, 0.2) is 217 Å². The maximum absolute atomic E-state index is 6.86. The van der Waals surface area contributed by atoms with Crippen molar-refractivity contribution in [1.29, 1.82) is 0 Å². The molecule has 1 heterocycles. The van der Waals surface area contributed by atoms with Gasteiger partial charge in [-0.1, -0.05) is 196 Å². The van der Waals surface area contributed by atoms with Crippen molar-refractivity contribution in [2.45, 2.75) is 19.3 Å². The van der Waals surface area contributed by atoms with Gasteiger partial charge in [0.25, 0.3) is 0 Å². The number of furan rings is 1. The number of nitrogens with zero attached hydrogens (tertiary/aromatic N) is 1. The predicted molar refractivity (Wildman–Crippen MR) is 248 cm³/mol. The van der Waals surface area contributed by atoms with Crippen molar-refractivity contribution in [3.8, 4) is 55.6 Å². The van der Waals surface area contributed by atoms with Crippen molar-refractivity contribution in [3.05, 3.63) is 223 Å². The smallest absolute Gasteiger partial charge is 0.159 e. The highest BCUT2D eigenvalue weighted by Crippen LogP contribution is 2.54. The summed E-state index contributed by atoms with van der Waals surface area (Å²) in [6.07, 6.45) is 0. The fraction of sp³-hybridized carbons (Fsp3) is 0.0526. The predicted octanol–water partition coefficient (Wildman–Crippen LogP) is 16.0. The first-order valence-electron chi connectivity index (χ1n) is 20.4. The average Bonchev–Trinajstić information content (AvgIpc) is 3.80. The molecule has 0 fully saturated rings. The third kappa shape index (κ3) is 5.63. The van der Waals surface area contributed by atoms with Crippen LogP contribution < -0.4 is 4.90 Å². The molecule has 11 rings (SSSR count). The van der Waals surface area contributed by atoms with Crippen LogP contribution in [0.3, 0.4) is 0 Å². The highest BCUT2D eigenvalue weighted by Gasteiger charge is 2.36. The fourth-order valence-electron chi connectivity index (χ4n) is 9.56. The van der Waals surface area contributed by atoms with Crippen LogP contribution in [0.1, 0.15) is 25.0 Å². The molecule has 0 radical (unpaired) electrons. The van der Waals surface area contributed by atoms with Gasteiger partial charge in [0, 0.05) is 27.4 Å². The third-order valence-electron chi connectivity index (χ3n) is 12.3. The van der Waals surface area contributed by atoms with Crippen molar-refractivity contribution in [3.63, 3.8) is 0 Å². The molecule has 0 saturated carbocycles. The molecule has 0 atom stereocenters. The number of hydrogen-bond acceptors (Lipinski definition) is 2. The summed E-state index contributed by atoms with van der Waals surface area (Å²) in [7, 11) is 0. The van der Waals surface area contributed by atoms with Crippen LogP contribution in [0.2, 0.25) is 0 Å². The lowest BCUT2D eigenvalue weighted by Crippen LogP contribution is -2.14. The van der Waals surface area contributed by atoms with Crippen molar-refractivity contribution in [2.75, 3.05) is 4.90 Å². The third-order valence-corrected chi connectivity index (χ3v) is 12.3. The Morgan fingerprint density at radius 1 is 0.373 bits per heavy atom. The van der Waals surface area contributed by atoms with E-state index in [1.54, 1.807) is 0 Å². The Hall–Kier alpha value is -7.42. The van der Waals surface area contributed by atoms with E-state index < -0.39 is 0 Å². The molecule has 0 aliphatic heterocycles. The van der Waals surface area contributed by atoms with E-state index in [-0.39, 0.29) is 5.41 Å². The molecule has 10 aromatic rings. The first-order valence-corrected chi connectivity index (χ1v) is 20.4. The van der Waals surface area contributed by atoms with Crippen LogP contribution in [0.25, 0.3) is 77.6 Å². The molecule has 1 aromatic heterocycles. The first kappa shape index (κ1) is 34.8. The van der Waals surface area contributed by atoms with Gasteiger partial charge in [-0.3, -0.25) is 0 Å². The standard InChI is InChI=1S/C57H41NO/c1-57(2)49-32-13-11-28-48(49)54-44(29-16-33-50(54)57)40-23-15-24-41(37-40)58(52-35-18-31-47-45-26-12-14-36-53(45)59-56(47)52)51-34-17-30-43(39-21-7-4-8-22-39)55(51)46-27-10-9-25-42(46)38-19-5-3-6-20-38/h3-37H,1-2H3. The zero-order valence-electron chi connectivity index (χ0n) is 33.1. The molecule has 0 bridgehead atoms. The normalized spacial score (nSPS) is 12.7. The Labute approximate surface area is 345 Å². The van der Waals surface area contributed by atoms with E-state index in [1.165, 1.54) is 44.5 Å². The van der Waals surface area contributed by atoms with Gasteiger partial charge in [-0.25, -0.2) is 0 Å². The summed E-state index contributed by atoms with van der Waals surface area (Å²) in [6.45, 7) is 4.70. The topological polar surface area (TPSA) is 16.4 Å². The molecule has 1 aliphatic carbocycles. The summed E-state index contributed by atoms with van der Waals surface area (Å²) in [5.41, 5.74) is 19.4. The summed E-state index contributed by atoms with van der Waals surface area (Å²) < 4.78 is 6.86. The Balaban J connectivity index is 1.22. The lowest BCUT2D eigenvalue weighted by molar-refractivity contribution is 0.660. The number of rotatable bonds is 7. The average molecular weight is 756 g/mol. The van der Waals surface area contributed by atoms with Crippen LogP contribution in [-0.2, 0) is 5.41 Å². The monoisotopic (exact) mass is 755 g/mol. The number of fused-ring (bicyclic) bond motifs is 6. The van der Waals surface area contributed by atoms with E-state index in [1.807, 2.05) is 6.07 Å². The molecule has 0 spiro atoms. The molecule has 0 saturated heterocycles. The SMILES string of the molecule is CC1(C)c2ccccc2-c2c(-c3cccc(N(c4cccc(-c5ccccc5)c4-c4ccccc4-c4ccccc4)c4cccc5c4oc4ccccc45)c3)cccc21. The maximum Gasteiger partial charge on any atom is 0.159 e. The van der Waals surface area contributed by atoms with Gasteiger partial charge in [0.15, 0.2) is 5.58 Å². The molecule has 1 aliphatic rings. The molecule has 2 heteroatoms. The van der Waals surface area contributed by atoms with Crippen molar-refractivity contribution in [2.24, 2.45) is 0 Å². The molecular weight excluding hydrogens is 715 g/mol. The van der Waals surface area contributed by atoms with Crippen molar-refractivity contribution in [1.82, 2.24) is 0 Å². The highest BCUT2D eigenvalue weighted by atomic mass is 16.3. The molecule has 280 valence electrons. The van der Waals surface area contributed by atoms with Gasteiger partial charge in [-0.15, -0.1) is 0 Å². The van der Waals surface area contributed by atoms with Crippen LogP contribution in [0.4, 0.5) is 17.1 Å². The Bertz CT molecular complexity index is 3190. The Morgan fingerprint density at radius 2 is 0.898 bits per heavy atom. The fourth-order valence-corrected chi connectivity index (χ4v) is 9.56. The number of hydrogen-bond donors (Lipinski definition) is 0. The van der Waals surface area contributed by atoms with Gasteiger partial charge in [0.2, 0.25) is 0 Å². The minimum absolute atomic E-state index is 0.0958. The molecule has 9 aromatic carbocycles. The Kier molecular flexibility index (Phi) is 8.20. The van der Waals surface area contributed by atoms with Gasteiger partial charge in [0.1, 0.15) is 5.58 Å². The second kappa shape index (κ2) is 13.9. The van der Waals surface area contributed by atoms with Crippen LogP contribution in [0, 0.1) is 0 Å². The lowest BCUT2D eigenvalue weighted by Gasteiger charge is -2.30. The van der Waals surface area contributed by atoms with Gasteiger partial charge in [-0.2, -0.15) is 0 Å². The molecular formula is C57H41NO. The van der Waals surface area contributed by atoms with Crippen molar-refractivity contribution < 1.29 is 4.42 Å². The van der Waals surface area contributed by atoms with Gasteiger partial charge in [-0.05, 0) is 91.5 Å². The minimum atomic E-state index is -0.0958. The lowest BCUT2D eigenvalue weighted by atomic mass is 9.82. The number of para-hydroxylation sites is 2. The molecule has 59 heavy (non-hydrogen) atoms. The van der Waals surface area contributed by atoms with Gasteiger partial charge < -0.3 is 9.32 Å².